The average Bonchev–Trinajstić information content (AvgIpc) is 2.58. The van der Waals surface area contributed by atoms with Crippen molar-refractivity contribution in [3.8, 4) is 0 Å². The summed E-state index contributed by atoms with van der Waals surface area (Å²) in [6, 6.07) is 0.780. The number of nitrogens with one attached hydrogen (secondary N) is 1. The number of hydrogen-bond acceptors (Lipinski definition) is 2. The fraction of sp³-hybridized carbons (Fsp3) is 1.00. The second-order valence-corrected chi connectivity index (χ2v) is 7.18. The molecule has 19 heavy (non-hydrogen) atoms. The molecule has 0 aromatic heterocycles. The van der Waals surface area contributed by atoms with Gasteiger partial charge < -0.3 is 10.2 Å². The zero-order chi connectivity index (χ0) is 13.7. The van der Waals surface area contributed by atoms with Crippen LogP contribution in [-0.2, 0) is 0 Å². The minimum Gasteiger partial charge on any atom is -0.314 e. The third-order valence-electron chi connectivity index (χ3n) is 5.31. The zero-order valence-corrected chi connectivity index (χ0v) is 13.3. The van der Waals surface area contributed by atoms with Crippen molar-refractivity contribution in [1.29, 1.82) is 0 Å². The van der Waals surface area contributed by atoms with E-state index in [-0.39, 0.29) is 0 Å². The van der Waals surface area contributed by atoms with Gasteiger partial charge in [-0.1, -0.05) is 20.8 Å². The average molecular weight is 266 g/mol. The lowest BCUT2D eigenvalue weighted by Crippen LogP contribution is -2.45. The van der Waals surface area contributed by atoms with E-state index < -0.39 is 0 Å². The third kappa shape index (κ3) is 4.75. The molecular weight excluding hydrogens is 232 g/mol. The molecule has 0 bridgehead atoms. The Bertz CT molecular complexity index is 254. The highest BCUT2D eigenvalue weighted by molar-refractivity contribution is 4.86. The SMILES string of the molecule is CCNC1CCC(C)CC1CN1CCCC(C)CC1. The maximum Gasteiger partial charge on any atom is 0.0108 e. The molecule has 1 aliphatic heterocycles. The summed E-state index contributed by atoms with van der Waals surface area (Å²) < 4.78 is 0. The molecule has 1 N–H and O–H groups in total. The summed E-state index contributed by atoms with van der Waals surface area (Å²) in [6.07, 6.45) is 8.51. The Morgan fingerprint density at radius 3 is 2.63 bits per heavy atom. The molecule has 4 unspecified atom stereocenters. The largest absolute Gasteiger partial charge is 0.314 e. The van der Waals surface area contributed by atoms with Gasteiger partial charge in [-0.15, -0.1) is 0 Å². The smallest absolute Gasteiger partial charge is 0.0108 e. The Morgan fingerprint density at radius 2 is 1.84 bits per heavy atom. The number of nitrogens with zero attached hydrogens (tertiary/aromatic N) is 1. The molecule has 1 saturated heterocycles. The zero-order valence-electron chi connectivity index (χ0n) is 13.3. The minimum atomic E-state index is 0.780. The molecule has 0 aromatic rings. The summed E-state index contributed by atoms with van der Waals surface area (Å²) in [4.78, 5) is 2.76. The summed E-state index contributed by atoms with van der Waals surface area (Å²) in [5.74, 6) is 2.77. The molecule has 0 radical (unpaired) electrons. The molecule has 112 valence electrons. The Hall–Kier alpha value is -0.0800. The van der Waals surface area contributed by atoms with Crippen molar-refractivity contribution in [2.24, 2.45) is 17.8 Å². The molecule has 2 aliphatic rings. The fourth-order valence-electron chi connectivity index (χ4n) is 4.07. The first-order chi connectivity index (χ1) is 9.19. The molecule has 1 heterocycles. The van der Waals surface area contributed by atoms with Crippen LogP contribution in [0.1, 0.15) is 59.3 Å². The van der Waals surface area contributed by atoms with Gasteiger partial charge in [0.05, 0.1) is 0 Å². The fourth-order valence-corrected chi connectivity index (χ4v) is 4.07. The predicted octanol–water partition coefficient (Wildman–Crippen LogP) is 3.52. The van der Waals surface area contributed by atoms with E-state index in [0.29, 0.717) is 0 Å². The summed E-state index contributed by atoms with van der Waals surface area (Å²) >= 11 is 0. The van der Waals surface area contributed by atoms with E-state index in [1.54, 1.807) is 0 Å². The van der Waals surface area contributed by atoms with E-state index in [1.165, 1.54) is 58.2 Å². The van der Waals surface area contributed by atoms with E-state index in [2.05, 4.69) is 31.0 Å². The normalized spacial score (nSPS) is 38.1. The predicted molar refractivity (Wildman–Crippen MR) is 83.4 cm³/mol. The molecule has 2 heteroatoms. The maximum absolute atomic E-state index is 3.74. The van der Waals surface area contributed by atoms with Crippen LogP contribution in [0.25, 0.3) is 0 Å². The van der Waals surface area contributed by atoms with Gasteiger partial charge in [-0.25, -0.2) is 0 Å². The highest BCUT2D eigenvalue weighted by Crippen LogP contribution is 2.30. The minimum absolute atomic E-state index is 0.780. The van der Waals surface area contributed by atoms with Gasteiger partial charge in [0.25, 0.3) is 0 Å². The lowest BCUT2D eigenvalue weighted by Gasteiger charge is -2.38. The first-order valence-corrected chi connectivity index (χ1v) is 8.64. The van der Waals surface area contributed by atoms with Gasteiger partial charge in [0.2, 0.25) is 0 Å². The van der Waals surface area contributed by atoms with Crippen LogP contribution < -0.4 is 5.32 Å². The summed E-state index contributed by atoms with van der Waals surface area (Å²) in [5, 5.41) is 3.74. The quantitative estimate of drug-likeness (QED) is 0.837. The van der Waals surface area contributed by atoms with E-state index in [0.717, 1.165) is 30.3 Å². The second kappa shape index (κ2) is 7.64. The van der Waals surface area contributed by atoms with Gasteiger partial charge >= 0.3 is 0 Å². The number of rotatable bonds is 4. The maximum atomic E-state index is 3.74. The first-order valence-electron chi connectivity index (χ1n) is 8.64. The van der Waals surface area contributed by atoms with Crippen LogP contribution in [0, 0.1) is 17.8 Å². The molecule has 0 amide bonds. The summed E-state index contributed by atoms with van der Waals surface area (Å²) in [7, 11) is 0. The lowest BCUT2D eigenvalue weighted by molar-refractivity contribution is 0.147. The number of likely N-dealkylation sites (tertiary alicyclic amines) is 1. The van der Waals surface area contributed by atoms with Crippen molar-refractivity contribution in [1.82, 2.24) is 10.2 Å². The molecule has 2 fully saturated rings. The first kappa shape index (κ1) is 15.3. The highest BCUT2D eigenvalue weighted by Gasteiger charge is 2.29. The van der Waals surface area contributed by atoms with Crippen LogP contribution in [0.3, 0.4) is 0 Å². The Kier molecular flexibility index (Phi) is 6.15. The van der Waals surface area contributed by atoms with Crippen molar-refractivity contribution in [3.63, 3.8) is 0 Å². The van der Waals surface area contributed by atoms with Crippen LogP contribution in [-0.4, -0.2) is 37.1 Å². The van der Waals surface area contributed by atoms with Gasteiger partial charge in [-0.3, -0.25) is 0 Å². The molecule has 2 nitrogen and oxygen atoms in total. The van der Waals surface area contributed by atoms with Crippen molar-refractivity contribution in [3.05, 3.63) is 0 Å². The van der Waals surface area contributed by atoms with Crippen LogP contribution in [0.15, 0.2) is 0 Å². The Labute approximate surface area is 120 Å². The van der Waals surface area contributed by atoms with Crippen molar-refractivity contribution < 1.29 is 0 Å². The van der Waals surface area contributed by atoms with E-state index >= 15 is 0 Å². The lowest BCUT2D eigenvalue weighted by atomic mass is 9.78. The molecule has 1 saturated carbocycles. The van der Waals surface area contributed by atoms with Crippen molar-refractivity contribution in [2.75, 3.05) is 26.2 Å². The van der Waals surface area contributed by atoms with Gasteiger partial charge in [0.1, 0.15) is 0 Å². The van der Waals surface area contributed by atoms with Crippen LogP contribution in [0.4, 0.5) is 0 Å². The van der Waals surface area contributed by atoms with Gasteiger partial charge in [0.15, 0.2) is 0 Å². The monoisotopic (exact) mass is 266 g/mol. The number of hydrogen-bond donors (Lipinski definition) is 1. The van der Waals surface area contributed by atoms with E-state index in [1.807, 2.05) is 0 Å². The molecule has 2 rings (SSSR count). The van der Waals surface area contributed by atoms with Crippen molar-refractivity contribution >= 4 is 0 Å². The van der Waals surface area contributed by atoms with Crippen molar-refractivity contribution in [2.45, 2.75) is 65.3 Å². The highest BCUT2D eigenvalue weighted by atomic mass is 15.1. The molecule has 0 spiro atoms. The topological polar surface area (TPSA) is 15.3 Å². The molecule has 0 aromatic carbocycles. The van der Waals surface area contributed by atoms with Gasteiger partial charge in [0, 0.05) is 12.6 Å². The van der Waals surface area contributed by atoms with Crippen LogP contribution in [0.2, 0.25) is 0 Å². The standard InChI is InChI=1S/C17H34N2/c1-4-18-17-8-7-15(3)12-16(17)13-19-10-5-6-14(2)9-11-19/h14-18H,4-13H2,1-3H3. The molecular formula is C17H34N2. The Morgan fingerprint density at radius 1 is 1.00 bits per heavy atom. The van der Waals surface area contributed by atoms with E-state index in [4.69, 9.17) is 0 Å². The summed E-state index contributed by atoms with van der Waals surface area (Å²) in [5.41, 5.74) is 0. The summed E-state index contributed by atoms with van der Waals surface area (Å²) in [6.45, 7) is 12.3. The third-order valence-corrected chi connectivity index (χ3v) is 5.31. The van der Waals surface area contributed by atoms with Crippen LogP contribution >= 0.6 is 0 Å². The second-order valence-electron chi connectivity index (χ2n) is 7.18. The van der Waals surface area contributed by atoms with Crippen LogP contribution in [0.5, 0.6) is 0 Å². The van der Waals surface area contributed by atoms with Gasteiger partial charge in [-0.05, 0) is 75.9 Å². The molecule has 4 atom stereocenters. The van der Waals surface area contributed by atoms with E-state index in [9.17, 15) is 0 Å². The molecule has 1 aliphatic carbocycles. The van der Waals surface area contributed by atoms with Gasteiger partial charge in [-0.2, -0.15) is 0 Å². The Balaban J connectivity index is 1.86.